The Morgan fingerprint density at radius 2 is 2.21 bits per heavy atom. The zero-order valence-corrected chi connectivity index (χ0v) is 11.2. The van der Waals surface area contributed by atoms with E-state index >= 15 is 0 Å². The minimum absolute atomic E-state index is 0.0642. The van der Waals surface area contributed by atoms with E-state index in [1.807, 2.05) is 6.92 Å². The molecule has 0 unspecified atom stereocenters. The second kappa shape index (κ2) is 5.22. The molecule has 2 rings (SSSR count). The fraction of sp³-hybridized carbons (Fsp3) is 0.300. The topological polar surface area (TPSA) is 110 Å². The number of rotatable bonds is 5. The Bertz CT molecular complexity index is 667. The van der Waals surface area contributed by atoms with E-state index in [0.717, 1.165) is 0 Å². The van der Waals surface area contributed by atoms with Crippen LogP contribution in [-0.4, -0.2) is 30.1 Å². The van der Waals surface area contributed by atoms with Crippen LogP contribution in [0.2, 0.25) is 0 Å². The normalized spacial score (nSPS) is 11.3. The molecule has 0 saturated heterocycles. The molecule has 0 radical (unpaired) electrons. The zero-order valence-electron chi connectivity index (χ0n) is 10.4. The van der Waals surface area contributed by atoms with Gasteiger partial charge in [0.05, 0.1) is 4.90 Å². The minimum Gasteiger partial charge on any atom is -0.370 e. The quantitative estimate of drug-likeness (QED) is 0.842. The fourth-order valence-corrected chi connectivity index (χ4v) is 2.31. The average molecular weight is 283 g/mol. The van der Waals surface area contributed by atoms with Gasteiger partial charge in [0.15, 0.2) is 5.82 Å². The smallest absolute Gasteiger partial charge is 0.335 e. The maximum absolute atomic E-state index is 12.1. The number of aryl methyl sites for hydroxylation is 1. The molecular weight excluding hydrogens is 270 g/mol. The van der Waals surface area contributed by atoms with Crippen LogP contribution in [0.5, 0.6) is 0 Å². The fourth-order valence-electron chi connectivity index (χ4n) is 1.37. The predicted molar refractivity (Wildman–Crippen MR) is 68.2 cm³/mol. The second-order valence-corrected chi connectivity index (χ2v) is 5.34. The van der Waals surface area contributed by atoms with Crippen molar-refractivity contribution >= 4 is 21.9 Å². The summed E-state index contributed by atoms with van der Waals surface area (Å²) in [6, 6.07) is 2.64. The Morgan fingerprint density at radius 1 is 1.42 bits per heavy atom. The van der Waals surface area contributed by atoms with Crippen LogP contribution in [0, 0.1) is 6.92 Å². The summed E-state index contributed by atoms with van der Waals surface area (Å²) in [6.45, 7) is 4.13. The SMILES string of the molecule is CCNc1cc(S(=O)(=O)Nc2nc(C)no2)ccn1. The number of hydrogen-bond acceptors (Lipinski definition) is 7. The van der Waals surface area contributed by atoms with Gasteiger partial charge in [0.2, 0.25) is 0 Å². The summed E-state index contributed by atoms with van der Waals surface area (Å²) in [5, 5.41) is 6.44. The number of anilines is 2. The maximum atomic E-state index is 12.1. The number of hydrogen-bond donors (Lipinski definition) is 2. The molecule has 2 heterocycles. The van der Waals surface area contributed by atoms with Gasteiger partial charge < -0.3 is 9.84 Å². The number of aromatic nitrogens is 3. The standard InChI is InChI=1S/C10H13N5O3S/c1-3-11-9-6-8(4-5-12-9)19(16,17)15-10-13-7(2)14-18-10/h4-6H,3H2,1-2H3,(H,11,12)(H,13,14,15). The van der Waals surface area contributed by atoms with Crippen LogP contribution in [0.25, 0.3) is 0 Å². The van der Waals surface area contributed by atoms with Crippen molar-refractivity contribution in [3.63, 3.8) is 0 Å². The predicted octanol–water partition coefficient (Wildman–Crippen LogP) is 1.01. The van der Waals surface area contributed by atoms with Crippen LogP contribution in [0.1, 0.15) is 12.7 Å². The van der Waals surface area contributed by atoms with Crippen LogP contribution >= 0.6 is 0 Å². The van der Waals surface area contributed by atoms with E-state index in [2.05, 4.69) is 25.2 Å². The zero-order chi connectivity index (χ0) is 13.9. The lowest BCUT2D eigenvalue weighted by Crippen LogP contribution is -2.14. The van der Waals surface area contributed by atoms with Gasteiger partial charge in [-0.05, 0) is 19.9 Å². The summed E-state index contributed by atoms with van der Waals surface area (Å²) in [5.41, 5.74) is 0. The third kappa shape index (κ3) is 3.19. The molecule has 2 aromatic heterocycles. The van der Waals surface area contributed by atoms with Gasteiger partial charge in [-0.25, -0.2) is 18.1 Å². The molecule has 0 saturated carbocycles. The highest BCUT2D eigenvalue weighted by Gasteiger charge is 2.18. The Hall–Kier alpha value is -2.16. The summed E-state index contributed by atoms with van der Waals surface area (Å²) >= 11 is 0. The van der Waals surface area contributed by atoms with Crippen molar-refractivity contribution in [3.05, 3.63) is 24.2 Å². The highest BCUT2D eigenvalue weighted by atomic mass is 32.2. The first-order valence-corrected chi connectivity index (χ1v) is 7.02. The summed E-state index contributed by atoms with van der Waals surface area (Å²) in [5.74, 6) is 0.827. The molecule has 8 nitrogen and oxygen atoms in total. The van der Waals surface area contributed by atoms with Gasteiger partial charge in [-0.1, -0.05) is 5.16 Å². The van der Waals surface area contributed by atoms with Crippen LogP contribution in [0.3, 0.4) is 0 Å². The van der Waals surface area contributed by atoms with E-state index in [0.29, 0.717) is 18.2 Å². The molecule has 19 heavy (non-hydrogen) atoms. The molecule has 102 valence electrons. The Morgan fingerprint density at radius 3 is 2.84 bits per heavy atom. The van der Waals surface area contributed by atoms with Gasteiger partial charge >= 0.3 is 6.01 Å². The molecule has 0 aliphatic heterocycles. The molecule has 0 atom stereocenters. The number of pyridine rings is 1. The van der Waals surface area contributed by atoms with Crippen molar-refractivity contribution < 1.29 is 12.9 Å². The number of nitrogens with one attached hydrogen (secondary N) is 2. The first kappa shape index (κ1) is 13.3. The third-order valence-electron chi connectivity index (χ3n) is 2.15. The first-order chi connectivity index (χ1) is 9.01. The molecule has 2 aromatic rings. The summed E-state index contributed by atoms with van der Waals surface area (Å²) in [4.78, 5) is 7.84. The van der Waals surface area contributed by atoms with Crippen molar-refractivity contribution in [1.29, 1.82) is 0 Å². The highest BCUT2D eigenvalue weighted by Crippen LogP contribution is 2.16. The van der Waals surface area contributed by atoms with E-state index in [1.165, 1.54) is 18.3 Å². The molecule has 0 bridgehead atoms. The van der Waals surface area contributed by atoms with Crippen molar-refractivity contribution in [2.75, 3.05) is 16.6 Å². The maximum Gasteiger partial charge on any atom is 0.335 e. The van der Waals surface area contributed by atoms with Crippen molar-refractivity contribution in [3.8, 4) is 0 Å². The Balaban J connectivity index is 2.26. The van der Waals surface area contributed by atoms with E-state index in [1.54, 1.807) is 6.92 Å². The molecule has 0 fully saturated rings. The van der Waals surface area contributed by atoms with Crippen LogP contribution < -0.4 is 10.0 Å². The van der Waals surface area contributed by atoms with Gasteiger partial charge in [-0.3, -0.25) is 0 Å². The lowest BCUT2D eigenvalue weighted by Gasteiger charge is -2.06. The Labute approximate surface area is 110 Å². The largest absolute Gasteiger partial charge is 0.370 e. The monoisotopic (exact) mass is 283 g/mol. The van der Waals surface area contributed by atoms with Gasteiger partial charge in [-0.15, -0.1) is 0 Å². The summed E-state index contributed by atoms with van der Waals surface area (Å²) < 4.78 is 31.1. The summed E-state index contributed by atoms with van der Waals surface area (Å²) in [6.07, 6.45) is 1.41. The molecule has 0 aromatic carbocycles. The van der Waals surface area contributed by atoms with Gasteiger partial charge in [0, 0.05) is 18.8 Å². The molecule has 2 N–H and O–H groups in total. The van der Waals surface area contributed by atoms with E-state index in [9.17, 15) is 8.42 Å². The lowest BCUT2D eigenvalue weighted by atomic mass is 10.4. The van der Waals surface area contributed by atoms with Crippen LogP contribution in [0.4, 0.5) is 11.8 Å². The third-order valence-corrected chi connectivity index (χ3v) is 3.47. The summed E-state index contributed by atoms with van der Waals surface area (Å²) in [7, 11) is -3.77. The van der Waals surface area contributed by atoms with E-state index < -0.39 is 10.0 Å². The molecule has 0 aliphatic carbocycles. The lowest BCUT2D eigenvalue weighted by molar-refractivity contribution is 0.429. The minimum atomic E-state index is -3.77. The number of nitrogens with zero attached hydrogens (tertiary/aromatic N) is 3. The average Bonchev–Trinajstić information content (AvgIpc) is 2.75. The number of sulfonamides is 1. The molecular formula is C10H13N5O3S. The molecule has 0 aliphatic rings. The molecule has 0 amide bonds. The highest BCUT2D eigenvalue weighted by molar-refractivity contribution is 7.92. The molecule has 9 heteroatoms. The van der Waals surface area contributed by atoms with Crippen molar-refractivity contribution in [2.24, 2.45) is 0 Å². The van der Waals surface area contributed by atoms with Gasteiger partial charge in [0.25, 0.3) is 10.0 Å². The molecule has 0 spiro atoms. The van der Waals surface area contributed by atoms with E-state index in [4.69, 9.17) is 4.52 Å². The van der Waals surface area contributed by atoms with Gasteiger partial charge in [0.1, 0.15) is 5.82 Å². The van der Waals surface area contributed by atoms with Gasteiger partial charge in [-0.2, -0.15) is 4.98 Å². The van der Waals surface area contributed by atoms with Crippen molar-refractivity contribution in [1.82, 2.24) is 15.1 Å². The second-order valence-electron chi connectivity index (χ2n) is 3.66. The van der Waals surface area contributed by atoms with Crippen molar-refractivity contribution in [2.45, 2.75) is 18.7 Å². The van der Waals surface area contributed by atoms with Crippen LogP contribution in [0.15, 0.2) is 27.7 Å². The Kier molecular flexibility index (Phi) is 3.65. The van der Waals surface area contributed by atoms with Crippen LogP contribution in [-0.2, 0) is 10.0 Å². The van der Waals surface area contributed by atoms with E-state index in [-0.39, 0.29) is 10.9 Å². The first-order valence-electron chi connectivity index (χ1n) is 5.54.